The SMILES string of the molecule is O=C1Nc2ccccc2/C1=C/c1ccc(Cl)s1. The minimum Gasteiger partial charge on any atom is -0.321 e. The summed E-state index contributed by atoms with van der Waals surface area (Å²) in [5, 5.41) is 2.84. The number of benzene rings is 1. The first-order valence-electron chi connectivity index (χ1n) is 5.12. The molecule has 4 heteroatoms. The van der Waals surface area contributed by atoms with E-state index in [0.29, 0.717) is 5.57 Å². The maximum absolute atomic E-state index is 11.8. The molecule has 2 heterocycles. The van der Waals surface area contributed by atoms with Crippen molar-refractivity contribution >= 4 is 46.2 Å². The van der Waals surface area contributed by atoms with Gasteiger partial charge in [0, 0.05) is 16.1 Å². The van der Waals surface area contributed by atoms with Gasteiger partial charge in [0.2, 0.25) is 0 Å². The van der Waals surface area contributed by atoms with Crippen molar-refractivity contribution in [2.75, 3.05) is 5.32 Å². The summed E-state index contributed by atoms with van der Waals surface area (Å²) < 4.78 is 0.726. The van der Waals surface area contributed by atoms with Gasteiger partial charge in [-0.15, -0.1) is 11.3 Å². The van der Waals surface area contributed by atoms with Gasteiger partial charge in [0.15, 0.2) is 0 Å². The van der Waals surface area contributed by atoms with Crippen LogP contribution in [0.5, 0.6) is 0 Å². The number of hydrogen-bond acceptors (Lipinski definition) is 2. The van der Waals surface area contributed by atoms with Crippen molar-refractivity contribution in [3.63, 3.8) is 0 Å². The summed E-state index contributed by atoms with van der Waals surface area (Å²) in [5.41, 5.74) is 2.51. The van der Waals surface area contributed by atoms with Gasteiger partial charge in [-0.25, -0.2) is 0 Å². The van der Waals surface area contributed by atoms with E-state index in [2.05, 4.69) is 5.32 Å². The number of hydrogen-bond donors (Lipinski definition) is 1. The first-order chi connectivity index (χ1) is 8.24. The van der Waals surface area contributed by atoms with Crippen LogP contribution in [0.3, 0.4) is 0 Å². The maximum atomic E-state index is 11.8. The molecule has 84 valence electrons. The molecule has 1 N–H and O–H groups in total. The Bertz CT molecular complexity index is 630. The normalized spacial score (nSPS) is 16.1. The molecule has 0 radical (unpaired) electrons. The Balaban J connectivity index is 2.09. The number of rotatable bonds is 1. The van der Waals surface area contributed by atoms with Crippen LogP contribution >= 0.6 is 22.9 Å². The van der Waals surface area contributed by atoms with Gasteiger partial charge in [-0.3, -0.25) is 4.79 Å². The van der Waals surface area contributed by atoms with Gasteiger partial charge in [0.05, 0.1) is 9.91 Å². The lowest BCUT2D eigenvalue weighted by molar-refractivity contribution is -0.110. The number of carbonyl (C=O) groups excluding carboxylic acids is 1. The largest absolute Gasteiger partial charge is 0.321 e. The van der Waals surface area contributed by atoms with E-state index in [9.17, 15) is 4.79 Å². The summed E-state index contributed by atoms with van der Waals surface area (Å²) in [6, 6.07) is 11.4. The van der Waals surface area contributed by atoms with Crippen molar-refractivity contribution in [2.45, 2.75) is 0 Å². The summed E-state index contributed by atoms with van der Waals surface area (Å²) >= 11 is 7.33. The van der Waals surface area contributed by atoms with E-state index < -0.39 is 0 Å². The van der Waals surface area contributed by atoms with E-state index in [4.69, 9.17) is 11.6 Å². The van der Waals surface area contributed by atoms with Crippen LogP contribution in [0.1, 0.15) is 10.4 Å². The molecule has 1 aliphatic rings. The summed E-state index contributed by atoms with van der Waals surface area (Å²) in [7, 11) is 0. The lowest BCUT2D eigenvalue weighted by Crippen LogP contribution is -2.03. The van der Waals surface area contributed by atoms with Gasteiger partial charge in [-0.05, 0) is 24.3 Å². The highest BCUT2D eigenvalue weighted by Gasteiger charge is 2.23. The zero-order chi connectivity index (χ0) is 11.8. The average molecular weight is 262 g/mol. The molecule has 1 aromatic carbocycles. The minimum atomic E-state index is -0.0595. The van der Waals surface area contributed by atoms with Gasteiger partial charge in [-0.1, -0.05) is 29.8 Å². The Morgan fingerprint density at radius 3 is 2.76 bits per heavy atom. The van der Waals surface area contributed by atoms with Crippen LogP contribution in [0.4, 0.5) is 5.69 Å². The molecule has 0 unspecified atom stereocenters. The van der Waals surface area contributed by atoms with Gasteiger partial charge in [0.25, 0.3) is 5.91 Å². The average Bonchev–Trinajstić information content (AvgIpc) is 2.85. The molecule has 0 bridgehead atoms. The number of anilines is 1. The highest BCUT2D eigenvalue weighted by Crippen LogP contribution is 2.34. The lowest BCUT2D eigenvalue weighted by atomic mass is 10.1. The van der Waals surface area contributed by atoms with Crippen LogP contribution in [0.2, 0.25) is 4.34 Å². The molecule has 0 atom stereocenters. The Morgan fingerprint density at radius 2 is 2.00 bits per heavy atom. The number of thiophene rings is 1. The van der Waals surface area contributed by atoms with E-state index in [-0.39, 0.29) is 5.91 Å². The molecule has 0 saturated carbocycles. The second-order valence-electron chi connectivity index (χ2n) is 3.70. The van der Waals surface area contributed by atoms with Gasteiger partial charge in [-0.2, -0.15) is 0 Å². The molecule has 1 aromatic heterocycles. The molecule has 17 heavy (non-hydrogen) atoms. The fourth-order valence-electron chi connectivity index (χ4n) is 1.83. The summed E-state index contributed by atoms with van der Waals surface area (Å²) in [6.45, 7) is 0. The molecule has 0 saturated heterocycles. The molecule has 3 rings (SSSR count). The zero-order valence-electron chi connectivity index (χ0n) is 8.74. The Kier molecular flexibility index (Phi) is 2.50. The quantitative estimate of drug-likeness (QED) is 0.775. The predicted molar refractivity (Wildman–Crippen MR) is 72.3 cm³/mol. The van der Waals surface area contributed by atoms with Crippen LogP contribution in [-0.4, -0.2) is 5.91 Å². The molecule has 0 fully saturated rings. The highest BCUT2D eigenvalue weighted by atomic mass is 35.5. The molecule has 0 aliphatic carbocycles. The number of carbonyl (C=O) groups is 1. The zero-order valence-corrected chi connectivity index (χ0v) is 10.3. The summed E-state index contributed by atoms with van der Waals surface area (Å²) in [6.07, 6.45) is 1.87. The molecule has 1 amide bonds. The number of fused-ring (bicyclic) bond motifs is 1. The minimum absolute atomic E-state index is 0.0595. The third kappa shape index (κ3) is 1.88. The van der Waals surface area contributed by atoms with Crippen molar-refractivity contribution in [2.24, 2.45) is 0 Å². The Hall–Kier alpha value is -1.58. The molecule has 0 spiro atoms. The third-order valence-corrected chi connectivity index (χ3v) is 3.77. The van der Waals surface area contributed by atoms with Crippen LogP contribution in [0.15, 0.2) is 36.4 Å². The van der Waals surface area contributed by atoms with E-state index >= 15 is 0 Å². The predicted octanol–water partition coefficient (Wildman–Crippen LogP) is 3.89. The molecule has 2 nitrogen and oxygen atoms in total. The third-order valence-electron chi connectivity index (χ3n) is 2.59. The number of halogens is 1. The van der Waals surface area contributed by atoms with Gasteiger partial charge in [0.1, 0.15) is 0 Å². The van der Waals surface area contributed by atoms with Crippen molar-refractivity contribution < 1.29 is 4.79 Å². The van der Waals surface area contributed by atoms with E-state index in [1.165, 1.54) is 11.3 Å². The van der Waals surface area contributed by atoms with Crippen LogP contribution < -0.4 is 5.32 Å². The fraction of sp³-hybridized carbons (Fsp3) is 0. The van der Waals surface area contributed by atoms with E-state index in [1.807, 2.05) is 42.5 Å². The van der Waals surface area contributed by atoms with Crippen LogP contribution in [0, 0.1) is 0 Å². The van der Waals surface area contributed by atoms with Crippen molar-refractivity contribution in [3.05, 3.63) is 51.2 Å². The Morgan fingerprint density at radius 1 is 1.18 bits per heavy atom. The molecule has 1 aliphatic heterocycles. The summed E-state index contributed by atoms with van der Waals surface area (Å²) in [5.74, 6) is -0.0595. The first kappa shape index (κ1) is 10.6. The maximum Gasteiger partial charge on any atom is 0.256 e. The molecule has 2 aromatic rings. The monoisotopic (exact) mass is 261 g/mol. The van der Waals surface area contributed by atoms with E-state index in [1.54, 1.807) is 0 Å². The second kappa shape index (κ2) is 4.02. The van der Waals surface area contributed by atoms with E-state index in [0.717, 1.165) is 20.5 Å². The van der Waals surface area contributed by atoms with Gasteiger partial charge >= 0.3 is 0 Å². The number of nitrogens with one attached hydrogen (secondary N) is 1. The van der Waals surface area contributed by atoms with Gasteiger partial charge < -0.3 is 5.32 Å². The van der Waals surface area contributed by atoms with Crippen molar-refractivity contribution in [1.82, 2.24) is 0 Å². The molecular weight excluding hydrogens is 254 g/mol. The fourth-order valence-corrected chi connectivity index (χ4v) is 2.83. The van der Waals surface area contributed by atoms with Crippen molar-refractivity contribution in [3.8, 4) is 0 Å². The van der Waals surface area contributed by atoms with Crippen molar-refractivity contribution in [1.29, 1.82) is 0 Å². The number of para-hydroxylation sites is 1. The standard InChI is InChI=1S/C13H8ClNOS/c14-12-6-5-8(17-12)7-10-9-3-1-2-4-11(9)15-13(10)16/h1-7H,(H,15,16)/b10-7-. The summed E-state index contributed by atoms with van der Waals surface area (Å²) in [4.78, 5) is 12.8. The lowest BCUT2D eigenvalue weighted by Gasteiger charge is -1.95. The number of amides is 1. The van der Waals surface area contributed by atoms with Crippen LogP contribution in [-0.2, 0) is 4.79 Å². The highest BCUT2D eigenvalue weighted by molar-refractivity contribution is 7.17. The first-order valence-corrected chi connectivity index (χ1v) is 6.31. The second-order valence-corrected chi connectivity index (χ2v) is 5.45. The Labute approximate surface area is 108 Å². The smallest absolute Gasteiger partial charge is 0.256 e. The topological polar surface area (TPSA) is 29.1 Å². The van der Waals surface area contributed by atoms with Crippen LogP contribution in [0.25, 0.3) is 11.6 Å². The molecular formula is C13H8ClNOS.